The summed E-state index contributed by atoms with van der Waals surface area (Å²) in [5, 5.41) is 0. The molecule has 0 radical (unpaired) electrons. The maximum atomic E-state index is 2.34. The van der Waals surface area contributed by atoms with E-state index in [1.54, 1.807) is 0 Å². The van der Waals surface area contributed by atoms with Crippen molar-refractivity contribution in [2.45, 2.75) is 48.0 Å². The van der Waals surface area contributed by atoms with E-state index in [9.17, 15) is 0 Å². The molecule has 1 aliphatic rings. The van der Waals surface area contributed by atoms with Crippen molar-refractivity contribution in [2.24, 2.45) is 5.92 Å². The zero-order valence-corrected chi connectivity index (χ0v) is 8.22. The van der Waals surface area contributed by atoms with Crippen molar-refractivity contribution in [1.29, 1.82) is 0 Å². The summed E-state index contributed by atoms with van der Waals surface area (Å²) in [5.74, 6) is 0.710. The summed E-state index contributed by atoms with van der Waals surface area (Å²) in [6.07, 6.45) is 9.31. The maximum Gasteiger partial charge on any atom is -0.0222 e. The highest BCUT2D eigenvalue weighted by atomic mass is 14.1. The van der Waals surface area contributed by atoms with E-state index in [0.29, 0.717) is 5.92 Å². The van der Waals surface area contributed by atoms with Gasteiger partial charge in [-0.25, -0.2) is 0 Å². The molecule has 0 aliphatic heterocycles. The van der Waals surface area contributed by atoms with E-state index in [2.05, 4.69) is 32.1 Å². The summed E-state index contributed by atoms with van der Waals surface area (Å²) in [4.78, 5) is 0. The fourth-order valence-corrected chi connectivity index (χ4v) is 1.06. The molecular formula is C12H24. The lowest BCUT2D eigenvalue weighted by Crippen LogP contribution is -1.92. The fourth-order valence-electron chi connectivity index (χ4n) is 1.06. The Morgan fingerprint density at radius 3 is 2.00 bits per heavy atom. The molecule has 72 valence electrons. The summed E-state index contributed by atoms with van der Waals surface area (Å²) in [7, 11) is 0. The van der Waals surface area contributed by atoms with E-state index in [1.165, 1.54) is 18.4 Å². The molecule has 12 heavy (non-hydrogen) atoms. The molecule has 0 heteroatoms. The molecule has 0 aromatic rings. The van der Waals surface area contributed by atoms with Crippen LogP contribution in [0.5, 0.6) is 0 Å². The lowest BCUT2D eigenvalue weighted by Gasteiger charge is -2.08. The van der Waals surface area contributed by atoms with Crippen LogP contribution in [0.2, 0.25) is 0 Å². The maximum absolute atomic E-state index is 2.34. The van der Waals surface area contributed by atoms with Crippen molar-refractivity contribution >= 4 is 0 Å². The van der Waals surface area contributed by atoms with E-state index >= 15 is 0 Å². The molecule has 0 N–H and O–H groups in total. The van der Waals surface area contributed by atoms with Crippen LogP contribution in [0, 0.1) is 5.92 Å². The summed E-state index contributed by atoms with van der Waals surface area (Å²) in [5.41, 5.74) is 1.50. The Kier molecular flexibility index (Phi) is 10.0. The number of rotatable bonds is 1. The van der Waals surface area contributed by atoms with Gasteiger partial charge in [0.05, 0.1) is 0 Å². The van der Waals surface area contributed by atoms with Gasteiger partial charge in [-0.2, -0.15) is 0 Å². The van der Waals surface area contributed by atoms with Gasteiger partial charge >= 0.3 is 0 Å². The third kappa shape index (κ3) is 5.17. The third-order valence-electron chi connectivity index (χ3n) is 1.69. The second-order valence-electron chi connectivity index (χ2n) is 2.84. The Morgan fingerprint density at radius 1 is 1.17 bits per heavy atom. The van der Waals surface area contributed by atoms with Crippen LogP contribution in [-0.4, -0.2) is 0 Å². The summed E-state index contributed by atoms with van der Waals surface area (Å²) >= 11 is 0. The molecule has 0 aromatic heterocycles. The minimum Gasteiger partial charge on any atom is -0.0840 e. The lowest BCUT2D eigenvalue weighted by atomic mass is 9.97. The highest BCUT2D eigenvalue weighted by Crippen LogP contribution is 2.16. The fraction of sp³-hybridized carbons (Fsp3) is 0.667. The van der Waals surface area contributed by atoms with Crippen LogP contribution < -0.4 is 0 Å². The van der Waals surface area contributed by atoms with Gasteiger partial charge in [0.25, 0.3) is 0 Å². The molecule has 0 unspecified atom stereocenters. The molecule has 0 spiro atoms. The highest BCUT2D eigenvalue weighted by molar-refractivity contribution is 5.23. The van der Waals surface area contributed by atoms with E-state index in [4.69, 9.17) is 0 Å². The predicted molar refractivity (Wildman–Crippen MR) is 59.4 cm³/mol. The topological polar surface area (TPSA) is 0 Å². The molecule has 0 bridgehead atoms. The SMILES string of the molecule is C.CC.CC(C)C1=CCCC=C1. The van der Waals surface area contributed by atoms with E-state index < -0.39 is 0 Å². The molecule has 0 atom stereocenters. The Balaban J connectivity index is 0. The second-order valence-corrected chi connectivity index (χ2v) is 2.84. The van der Waals surface area contributed by atoms with Gasteiger partial charge in [0.15, 0.2) is 0 Å². The molecule has 0 aromatic carbocycles. The van der Waals surface area contributed by atoms with Gasteiger partial charge in [-0.15, -0.1) is 0 Å². The molecule has 1 aliphatic carbocycles. The smallest absolute Gasteiger partial charge is 0.0222 e. The Morgan fingerprint density at radius 2 is 1.75 bits per heavy atom. The van der Waals surface area contributed by atoms with Crippen molar-refractivity contribution in [3.8, 4) is 0 Å². The first-order valence-electron chi connectivity index (χ1n) is 4.67. The normalized spacial score (nSPS) is 14.2. The average Bonchev–Trinajstić information content (AvgIpc) is 2.10. The van der Waals surface area contributed by atoms with E-state index in [0.717, 1.165) is 0 Å². The van der Waals surface area contributed by atoms with Crippen molar-refractivity contribution in [3.05, 3.63) is 23.8 Å². The largest absolute Gasteiger partial charge is 0.0840 e. The molecule has 0 fully saturated rings. The van der Waals surface area contributed by atoms with E-state index in [-0.39, 0.29) is 7.43 Å². The third-order valence-corrected chi connectivity index (χ3v) is 1.69. The van der Waals surface area contributed by atoms with Crippen LogP contribution in [0.1, 0.15) is 48.0 Å². The van der Waals surface area contributed by atoms with Gasteiger partial charge in [-0.3, -0.25) is 0 Å². The lowest BCUT2D eigenvalue weighted by molar-refractivity contribution is 0.773. The van der Waals surface area contributed by atoms with Crippen LogP contribution in [-0.2, 0) is 0 Å². The van der Waals surface area contributed by atoms with Crippen LogP contribution in [0.15, 0.2) is 23.8 Å². The first-order valence-corrected chi connectivity index (χ1v) is 4.67. The van der Waals surface area contributed by atoms with Gasteiger partial charge in [-0.05, 0) is 24.3 Å². The highest BCUT2D eigenvalue weighted by Gasteiger charge is 1.99. The van der Waals surface area contributed by atoms with Crippen LogP contribution in [0.4, 0.5) is 0 Å². The summed E-state index contributed by atoms with van der Waals surface area (Å²) < 4.78 is 0. The minimum absolute atomic E-state index is 0. The zero-order valence-electron chi connectivity index (χ0n) is 8.22. The first kappa shape index (κ1) is 14.0. The monoisotopic (exact) mass is 168 g/mol. The van der Waals surface area contributed by atoms with Crippen molar-refractivity contribution in [3.63, 3.8) is 0 Å². The Bertz CT molecular complexity index is 138. The summed E-state index contributed by atoms with van der Waals surface area (Å²) in [6, 6.07) is 0. The molecular weight excluding hydrogens is 144 g/mol. The standard InChI is InChI=1S/C9H14.C2H6.CH4/c1-8(2)9-6-4-3-5-7-9;1-2;/h4,6-8H,3,5H2,1-2H3;1-2H3;1H4. The van der Waals surface area contributed by atoms with Gasteiger partial charge in [0, 0.05) is 0 Å². The average molecular weight is 168 g/mol. The second kappa shape index (κ2) is 8.58. The van der Waals surface area contributed by atoms with Gasteiger partial charge in [0.2, 0.25) is 0 Å². The van der Waals surface area contributed by atoms with Crippen molar-refractivity contribution < 1.29 is 0 Å². The first-order chi connectivity index (χ1) is 5.30. The number of hydrogen-bond donors (Lipinski definition) is 0. The number of hydrogen-bond acceptors (Lipinski definition) is 0. The predicted octanol–water partition coefficient (Wildman–Crippen LogP) is 4.58. The van der Waals surface area contributed by atoms with Gasteiger partial charge in [-0.1, -0.05) is 53.3 Å². The molecule has 0 saturated carbocycles. The van der Waals surface area contributed by atoms with Gasteiger partial charge < -0.3 is 0 Å². The van der Waals surface area contributed by atoms with E-state index in [1.807, 2.05) is 13.8 Å². The van der Waals surface area contributed by atoms with Crippen LogP contribution >= 0.6 is 0 Å². The van der Waals surface area contributed by atoms with Crippen molar-refractivity contribution in [2.75, 3.05) is 0 Å². The molecule has 1 rings (SSSR count). The van der Waals surface area contributed by atoms with Crippen LogP contribution in [0.3, 0.4) is 0 Å². The molecule has 0 heterocycles. The number of allylic oxidation sites excluding steroid dienone is 4. The minimum atomic E-state index is 0. The Hall–Kier alpha value is -0.520. The van der Waals surface area contributed by atoms with Crippen molar-refractivity contribution in [1.82, 2.24) is 0 Å². The summed E-state index contributed by atoms with van der Waals surface area (Å²) in [6.45, 7) is 8.48. The van der Waals surface area contributed by atoms with Crippen LogP contribution in [0.25, 0.3) is 0 Å². The Labute approximate surface area is 78.4 Å². The zero-order chi connectivity index (χ0) is 8.69. The molecule has 0 nitrogen and oxygen atoms in total. The quantitative estimate of drug-likeness (QED) is 0.537. The molecule has 0 amide bonds. The molecule has 0 saturated heterocycles. The van der Waals surface area contributed by atoms with Gasteiger partial charge in [0.1, 0.15) is 0 Å².